The molecule has 0 radical (unpaired) electrons. The molecule has 3 amide bonds. The molecule has 5 nitrogen and oxygen atoms in total. The average Bonchev–Trinajstić information content (AvgIpc) is 3.00. The third-order valence-corrected chi connectivity index (χ3v) is 6.03. The summed E-state index contributed by atoms with van der Waals surface area (Å²) in [6, 6.07) is 20.7. The van der Waals surface area contributed by atoms with Gasteiger partial charge in [-0.15, -0.1) is 11.8 Å². The first-order valence-electron chi connectivity index (χ1n) is 9.25. The van der Waals surface area contributed by atoms with E-state index in [0.717, 1.165) is 9.80 Å². The van der Waals surface area contributed by atoms with Crippen LogP contribution in [0, 0.1) is 0 Å². The first-order chi connectivity index (χ1) is 14.4. The van der Waals surface area contributed by atoms with Crippen LogP contribution in [0.5, 0.6) is 0 Å². The SMILES string of the molecule is CC(Sc1ccc(Cl)cc1)C(=O)Nc1cccc(N2C(=O)c3ccccc3C2=O)c1. The van der Waals surface area contributed by atoms with Crippen LogP contribution in [0.2, 0.25) is 5.02 Å². The second kappa shape index (κ2) is 8.34. The van der Waals surface area contributed by atoms with E-state index in [1.54, 1.807) is 60.7 Å². The lowest BCUT2D eigenvalue weighted by atomic mass is 10.1. The molecule has 3 aromatic rings. The van der Waals surface area contributed by atoms with Crippen LogP contribution in [-0.4, -0.2) is 23.0 Å². The van der Waals surface area contributed by atoms with E-state index in [2.05, 4.69) is 5.32 Å². The van der Waals surface area contributed by atoms with E-state index in [1.165, 1.54) is 11.8 Å². The maximum Gasteiger partial charge on any atom is 0.266 e. The van der Waals surface area contributed by atoms with Gasteiger partial charge in [0.1, 0.15) is 0 Å². The highest BCUT2D eigenvalue weighted by atomic mass is 35.5. The standard InChI is InChI=1S/C23H17ClN2O3S/c1-14(30-18-11-9-15(24)10-12-18)21(27)25-16-5-4-6-17(13-16)26-22(28)19-7-2-3-8-20(19)23(26)29/h2-14H,1H3,(H,25,27). The monoisotopic (exact) mass is 436 g/mol. The molecule has 1 atom stereocenters. The predicted octanol–water partition coefficient (Wildman–Crippen LogP) is 5.26. The minimum absolute atomic E-state index is 0.186. The number of rotatable bonds is 5. The number of hydrogen-bond donors (Lipinski definition) is 1. The van der Waals surface area contributed by atoms with Gasteiger partial charge < -0.3 is 5.32 Å². The van der Waals surface area contributed by atoms with Crippen LogP contribution in [0.1, 0.15) is 27.6 Å². The molecule has 0 saturated heterocycles. The van der Waals surface area contributed by atoms with Crippen molar-refractivity contribution in [2.45, 2.75) is 17.1 Å². The Hall–Kier alpha value is -3.09. The van der Waals surface area contributed by atoms with Gasteiger partial charge in [0.2, 0.25) is 5.91 Å². The zero-order valence-electron chi connectivity index (χ0n) is 16.0. The van der Waals surface area contributed by atoms with E-state index in [0.29, 0.717) is 27.5 Å². The van der Waals surface area contributed by atoms with E-state index in [1.807, 2.05) is 19.1 Å². The fraction of sp³-hybridized carbons (Fsp3) is 0.0870. The zero-order valence-corrected chi connectivity index (χ0v) is 17.5. The zero-order chi connectivity index (χ0) is 21.3. The summed E-state index contributed by atoms with van der Waals surface area (Å²) in [4.78, 5) is 40.0. The number of imide groups is 1. The van der Waals surface area contributed by atoms with Crippen LogP contribution in [0.4, 0.5) is 11.4 Å². The molecule has 3 aromatic carbocycles. The van der Waals surface area contributed by atoms with Gasteiger partial charge in [0.15, 0.2) is 0 Å². The smallest absolute Gasteiger partial charge is 0.266 e. The highest BCUT2D eigenvalue weighted by Gasteiger charge is 2.36. The second-order valence-electron chi connectivity index (χ2n) is 6.74. The quantitative estimate of drug-likeness (QED) is 0.437. The van der Waals surface area contributed by atoms with Crippen LogP contribution < -0.4 is 10.2 Å². The molecule has 0 aromatic heterocycles. The molecule has 0 aliphatic carbocycles. The van der Waals surface area contributed by atoms with Gasteiger partial charge in [-0.05, 0) is 61.5 Å². The van der Waals surface area contributed by atoms with Crippen LogP contribution in [0.15, 0.2) is 77.7 Å². The number of hydrogen-bond acceptors (Lipinski definition) is 4. The molecular formula is C23H17ClN2O3S. The normalized spacial score (nSPS) is 13.9. The van der Waals surface area contributed by atoms with Gasteiger partial charge in [-0.25, -0.2) is 4.90 Å². The lowest BCUT2D eigenvalue weighted by molar-refractivity contribution is -0.115. The number of nitrogens with zero attached hydrogens (tertiary/aromatic N) is 1. The highest BCUT2D eigenvalue weighted by Crippen LogP contribution is 2.30. The Balaban J connectivity index is 1.49. The summed E-state index contributed by atoms with van der Waals surface area (Å²) in [5.41, 5.74) is 1.68. The number of benzene rings is 3. The molecule has 0 bridgehead atoms. The number of thioether (sulfide) groups is 1. The van der Waals surface area contributed by atoms with Crippen molar-refractivity contribution in [2.24, 2.45) is 0 Å². The Kier molecular flexibility index (Phi) is 5.61. The molecule has 4 rings (SSSR count). The molecule has 1 unspecified atom stereocenters. The molecule has 1 aliphatic heterocycles. The molecule has 0 saturated carbocycles. The van der Waals surface area contributed by atoms with Gasteiger partial charge in [-0.2, -0.15) is 0 Å². The summed E-state index contributed by atoms with van der Waals surface area (Å²) in [6.07, 6.45) is 0. The number of carbonyl (C=O) groups is 3. The Bertz CT molecular complexity index is 1110. The average molecular weight is 437 g/mol. The Morgan fingerprint density at radius 2 is 1.57 bits per heavy atom. The van der Waals surface area contributed by atoms with Crippen molar-refractivity contribution in [3.63, 3.8) is 0 Å². The van der Waals surface area contributed by atoms with E-state index in [-0.39, 0.29) is 23.0 Å². The van der Waals surface area contributed by atoms with Crippen molar-refractivity contribution < 1.29 is 14.4 Å². The van der Waals surface area contributed by atoms with Crippen LogP contribution in [0.3, 0.4) is 0 Å². The van der Waals surface area contributed by atoms with Gasteiger partial charge in [0, 0.05) is 15.6 Å². The Morgan fingerprint density at radius 3 is 2.20 bits per heavy atom. The molecule has 1 aliphatic rings. The van der Waals surface area contributed by atoms with Gasteiger partial charge in [-0.1, -0.05) is 29.8 Å². The van der Waals surface area contributed by atoms with Gasteiger partial charge in [-0.3, -0.25) is 14.4 Å². The molecular weight excluding hydrogens is 420 g/mol. The van der Waals surface area contributed by atoms with E-state index < -0.39 is 0 Å². The maximum absolute atomic E-state index is 12.7. The van der Waals surface area contributed by atoms with Gasteiger partial charge >= 0.3 is 0 Å². The number of fused-ring (bicyclic) bond motifs is 1. The highest BCUT2D eigenvalue weighted by molar-refractivity contribution is 8.00. The summed E-state index contributed by atoms with van der Waals surface area (Å²) >= 11 is 7.31. The fourth-order valence-corrected chi connectivity index (χ4v) is 4.15. The number of nitrogens with one attached hydrogen (secondary N) is 1. The number of amides is 3. The largest absolute Gasteiger partial charge is 0.325 e. The van der Waals surface area contributed by atoms with Crippen molar-refractivity contribution in [1.29, 1.82) is 0 Å². The van der Waals surface area contributed by atoms with Crippen LogP contribution in [-0.2, 0) is 4.79 Å². The predicted molar refractivity (Wildman–Crippen MR) is 119 cm³/mol. The van der Waals surface area contributed by atoms with E-state index >= 15 is 0 Å². The fourth-order valence-electron chi connectivity index (χ4n) is 3.16. The second-order valence-corrected chi connectivity index (χ2v) is 8.60. The Morgan fingerprint density at radius 1 is 0.933 bits per heavy atom. The molecule has 7 heteroatoms. The third kappa shape index (κ3) is 3.97. The molecule has 1 heterocycles. The number of carbonyl (C=O) groups excluding carboxylic acids is 3. The Labute approximate surface area is 183 Å². The summed E-state index contributed by atoms with van der Waals surface area (Å²) in [5, 5.41) is 3.14. The summed E-state index contributed by atoms with van der Waals surface area (Å²) in [7, 11) is 0. The molecule has 1 N–H and O–H groups in total. The minimum atomic E-state index is -0.370. The number of anilines is 2. The van der Waals surface area contributed by atoms with Crippen molar-refractivity contribution in [3.8, 4) is 0 Å². The van der Waals surface area contributed by atoms with Gasteiger partial charge in [0.25, 0.3) is 11.8 Å². The van der Waals surface area contributed by atoms with Gasteiger partial charge in [0.05, 0.1) is 22.1 Å². The molecule has 30 heavy (non-hydrogen) atoms. The van der Waals surface area contributed by atoms with Crippen LogP contribution >= 0.6 is 23.4 Å². The third-order valence-electron chi connectivity index (χ3n) is 4.66. The molecule has 0 spiro atoms. The lowest BCUT2D eigenvalue weighted by Gasteiger charge is -2.16. The van der Waals surface area contributed by atoms with Crippen molar-refractivity contribution in [1.82, 2.24) is 0 Å². The lowest BCUT2D eigenvalue weighted by Crippen LogP contribution is -2.29. The van der Waals surface area contributed by atoms with Crippen molar-refractivity contribution in [3.05, 3.63) is 88.9 Å². The van der Waals surface area contributed by atoms with E-state index in [4.69, 9.17) is 11.6 Å². The first-order valence-corrected chi connectivity index (χ1v) is 10.5. The summed E-state index contributed by atoms with van der Waals surface area (Å²) in [5.74, 6) is -0.925. The van der Waals surface area contributed by atoms with Crippen molar-refractivity contribution in [2.75, 3.05) is 10.2 Å². The maximum atomic E-state index is 12.7. The topological polar surface area (TPSA) is 66.5 Å². The van der Waals surface area contributed by atoms with Crippen molar-refractivity contribution >= 4 is 52.5 Å². The minimum Gasteiger partial charge on any atom is -0.325 e. The summed E-state index contributed by atoms with van der Waals surface area (Å²) in [6.45, 7) is 1.81. The van der Waals surface area contributed by atoms with E-state index in [9.17, 15) is 14.4 Å². The number of halogens is 1. The molecule has 150 valence electrons. The summed E-state index contributed by atoms with van der Waals surface area (Å²) < 4.78 is 0. The molecule has 0 fully saturated rings. The van der Waals surface area contributed by atoms with Crippen LogP contribution in [0.25, 0.3) is 0 Å². The first kappa shape index (κ1) is 20.2.